The zero-order valence-corrected chi connectivity index (χ0v) is 8.03. The first kappa shape index (κ1) is 7.92. The molecule has 3 rings (SSSR count). The van der Waals surface area contributed by atoms with Crippen LogP contribution in [0.1, 0.15) is 6.42 Å². The molecule has 0 amide bonds. The summed E-state index contributed by atoms with van der Waals surface area (Å²) in [7, 11) is 0. The van der Waals surface area contributed by atoms with Gasteiger partial charge in [0, 0.05) is 23.9 Å². The van der Waals surface area contributed by atoms with Crippen LogP contribution < -0.4 is 11.1 Å². The zero-order chi connectivity index (χ0) is 9.54. The Kier molecular flexibility index (Phi) is 1.57. The lowest BCUT2D eigenvalue weighted by Crippen LogP contribution is -2.37. The number of rotatable bonds is 0. The minimum Gasteiger partial charge on any atom is -0.399 e. The van der Waals surface area contributed by atoms with E-state index in [1.165, 1.54) is 17.7 Å². The van der Waals surface area contributed by atoms with Gasteiger partial charge in [-0.2, -0.15) is 0 Å². The molecule has 0 radical (unpaired) electrons. The first-order chi connectivity index (χ1) is 6.84. The maximum atomic E-state index is 5.86. The fraction of sp³-hybridized carbons (Fsp3) is 0.333. The molecule has 72 valence electrons. The molecule has 14 heavy (non-hydrogen) atoms. The van der Waals surface area contributed by atoms with Crippen LogP contribution >= 0.6 is 0 Å². The van der Waals surface area contributed by atoms with Crippen molar-refractivity contribution in [2.24, 2.45) is 17.6 Å². The molecule has 2 heteroatoms. The standard InChI is InChI=1S/C12H14N2/c13-10-6-9-3-1-2-8-4-5-14-11(7-10)12(8)9/h1-3,6-8,12,14H,4-5,13H2. The van der Waals surface area contributed by atoms with Gasteiger partial charge in [0.2, 0.25) is 0 Å². The van der Waals surface area contributed by atoms with E-state index in [1.54, 1.807) is 0 Å². The molecule has 0 aromatic rings. The number of allylic oxidation sites excluding steroid dienone is 6. The summed E-state index contributed by atoms with van der Waals surface area (Å²) in [6, 6.07) is 0. The normalized spacial score (nSPS) is 33.6. The van der Waals surface area contributed by atoms with Crippen LogP contribution in [0, 0.1) is 11.8 Å². The molecule has 1 heterocycles. The van der Waals surface area contributed by atoms with E-state index in [4.69, 9.17) is 5.73 Å². The lowest BCUT2D eigenvalue weighted by molar-refractivity contribution is 0.396. The Bertz CT molecular complexity index is 385. The van der Waals surface area contributed by atoms with Gasteiger partial charge in [-0.05, 0) is 30.1 Å². The Morgan fingerprint density at radius 1 is 1.36 bits per heavy atom. The second-order valence-corrected chi connectivity index (χ2v) is 4.15. The maximum absolute atomic E-state index is 5.86. The third kappa shape index (κ3) is 1.03. The van der Waals surface area contributed by atoms with Gasteiger partial charge in [0.05, 0.1) is 0 Å². The van der Waals surface area contributed by atoms with Gasteiger partial charge >= 0.3 is 0 Å². The SMILES string of the molecule is NC1=CC2=CC=CC3CCNC(=C1)C23. The van der Waals surface area contributed by atoms with Crippen molar-refractivity contribution in [3.63, 3.8) is 0 Å². The third-order valence-electron chi connectivity index (χ3n) is 3.23. The van der Waals surface area contributed by atoms with Crippen molar-refractivity contribution < 1.29 is 0 Å². The Hall–Kier alpha value is -1.44. The van der Waals surface area contributed by atoms with Gasteiger partial charge in [0.1, 0.15) is 0 Å². The van der Waals surface area contributed by atoms with Gasteiger partial charge in [0.15, 0.2) is 0 Å². The average molecular weight is 186 g/mol. The molecule has 0 spiro atoms. The Morgan fingerprint density at radius 3 is 3.21 bits per heavy atom. The van der Waals surface area contributed by atoms with Crippen LogP contribution in [0.15, 0.2) is 47.3 Å². The number of hydrogen-bond donors (Lipinski definition) is 2. The van der Waals surface area contributed by atoms with Gasteiger partial charge in [-0.15, -0.1) is 0 Å². The van der Waals surface area contributed by atoms with Crippen LogP contribution in [0.2, 0.25) is 0 Å². The van der Waals surface area contributed by atoms with E-state index in [1.807, 2.05) is 0 Å². The minimum atomic E-state index is 0.543. The number of hydrogen-bond acceptors (Lipinski definition) is 2. The summed E-state index contributed by atoms with van der Waals surface area (Å²) in [4.78, 5) is 0. The Labute approximate surface area is 83.9 Å². The molecule has 0 aromatic carbocycles. The van der Waals surface area contributed by atoms with E-state index in [2.05, 4.69) is 35.7 Å². The van der Waals surface area contributed by atoms with Gasteiger partial charge in [-0.1, -0.05) is 18.2 Å². The predicted molar refractivity (Wildman–Crippen MR) is 57.2 cm³/mol. The lowest BCUT2D eigenvalue weighted by atomic mass is 9.74. The number of piperidine rings is 1. The van der Waals surface area contributed by atoms with Crippen LogP contribution in [0.4, 0.5) is 0 Å². The van der Waals surface area contributed by atoms with Crippen molar-refractivity contribution in [2.75, 3.05) is 6.54 Å². The highest BCUT2D eigenvalue weighted by Gasteiger charge is 2.32. The van der Waals surface area contributed by atoms with Crippen LogP contribution in [0.25, 0.3) is 0 Å². The Balaban J connectivity index is 2.09. The average Bonchev–Trinajstić information content (AvgIpc) is 2.18. The number of nitrogens with one attached hydrogen (secondary N) is 1. The topological polar surface area (TPSA) is 38.0 Å². The van der Waals surface area contributed by atoms with Gasteiger partial charge < -0.3 is 11.1 Å². The van der Waals surface area contributed by atoms with Crippen molar-refractivity contribution >= 4 is 0 Å². The molecule has 2 unspecified atom stereocenters. The molecule has 2 nitrogen and oxygen atoms in total. The van der Waals surface area contributed by atoms with Crippen molar-refractivity contribution in [2.45, 2.75) is 6.42 Å². The molecule has 0 bridgehead atoms. The van der Waals surface area contributed by atoms with E-state index < -0.39 is 0 Å². The summed E-state index contributed by atoms with van der Waals surface area (Å²) >= 11 is 0. The van der Waals surface area contributed by atoms with Crippen LogP contribution in [0.5, 0.6) is 0 Å². The maximum Gasteiger partial charge on any atom is 0.0334 e. The molecule has 1 aliphatic heterocycles. The fourth-order valence-electron chi connectivity index (χ4n) is 2.63. The molecular formula is C12H14N2. The van der Waals surface area contributed by atoms with E-state index in [0.29, 0.717) is 11.8 Å². The zero-order valence-electron chi connectivity index (χ0n) is 8.03. The lowest BCUT2D eigenvalue weighted by Gasteiger charge is -2.37. The second kappa shape index (κ2) is 2.77. The van der Waals surface area contributed by atoms with E-state index >= 15 is 0 Å². The number of nitrogens with two attached hydrogens (primary N) is 1. The monoisotopic (exact) mass is 186 g/mol. The quantitative estimate of drug-likeness (QED) is 0.601. The molecule has 1 fully saturated rings. The molecule has 3 aliphatic rings. The van der Waals surface area contributed by atoms with Crippen molar-refractivity contribution in [1.29, 1.82) is 0 Å². The third-order valence-corrected chi connectivity index (χ3v) is 3.23. The first-order valence-electron chi connectivity index (χ1n) is 5.15. The van der Waals surface area contributed by atoms with Gasteiger partial charge in [-0.25, -0.2) is 0 Å². The highest BCUT2D eigenvalue weighted by molar-refractivity contribution is 5.46. The smallest absolute Gasteiger partial charge is 0.0334 e. The summed E-state index contributed by atoms with van der Waals surface area (Å²) < 4.78 is 0. The molecule has 1 saturated heterocycles. The van der Waals surface area contributed by atoms with E-state index in [0.717, 1.165) is 12.2 Å². The molecule has 0 saturated carbocycles. The largest absolute Gasteiger partial charge is 0.399 e. The molecule has 2 aliphatic carbocycles. The van der Waals surface area contributed by atoms with Crippen molar-refractivity contribution in [1.82, 2.24) is 5.32 Å². The first-order valence-corrected chi connectivity index (χ1v) is 5.15. The van der Waals surface area contributed by atoms with Crippen LogP contribution in [-0.2, 0) is 0 Å². The molecular weight excluding hydrogens is 172 g/mol. The van der Waals surface area contributed by atoms with E-state index in [-0.39, 0.29) is 0 Å². The molecule has 0 aromatic heterocycles. The summed E-state index contributed by atoms with van der Waals surface area (Å²) in [5, 5.41) is 3.45. The van der Waals surface area contributed by atoms with Gasteiger partial charge in [0.25, 0.3) is 0 Å². The predicted octanol–water partition coefficient (Wildman–Crippen LogP) is 1.45. The highest BCUT2D eigenvalue weighted by atomic mass is 14.9. The van der Waals surface area contributed by atoms with Crippen LogP contribution in [0.3, 0.4) is 0 Å². The molecule has 2 atom stereocenters. The summed E-state index contributed by atoms with van der Waals surface area (Å²) in [5.74, 6) is 1.22. The fourth-order valence-corrected chi connectivity index (χ4v) is 2.63. The Morgan fingerprint density at radius 2 is 2.29 bits per heavy atom. The van der Waals surface area contributed by atoms with Crippen molar-refractivity contribution in [3.8, 4) is 0 Å². The molecule has 3 N–H and O–H groups in total. The van der Waals surface area contributed by atoms with Crippen molar-refractivity contribution in [3.05, 3.63) is 47.3 Å². The van der Waals surface area contributed by atoms with Gasteiger partial charge in [-0.3, -0.25) is 0 Å². The minimum absolute atomic E-state index is 0.543. The highest BCUT2D eigenvalue weighted by Crippen LogP contribution is 2.39. The summed E-state index contributed by atoms with van der Waals surface area (Å²) in [5.41, 5.74) is 9.39. The second-order valence-electron chi connectivity index (χ2n) is 4.15. The summed E-state index contributed by atoms with van der Waals surface area (Å²) in [6.45, 7) is 1.07. The summed E-state index contributed by atoms with van der Waals surface area (Å²) in [6.07, 6.45) is 12.1. The van der Waals surface area contributed by atoms with E-state index in [9.17, 15) is 0 Å². The van der Waals surface area contributed by atoms with Crippen LogP contribution in [-0.4, -0.2) is 6.54 Å².